The number of aromatic nitrogens is 1. The Balaban J connectivity index is 1.73. The Morgan fingerprint density at radius 3 is 2.81 bits per heavy atom. The SMILES string of the molecule is COc1cc([N+](=O)[O-])c2nccc(C)c2c1OCCCCCc1cccs1. The summed E-state index contributed by atoms with van der Waals surface area (Å²) in [6, 6.07) is 7.44. The molecule has 0 fully saturated rings. The molecule has 0 amide bonds. The van der Waals surface area contributed by atoms with Gasteiger partial charge in [0.05, 0.1) is 30.1 Å². The van der Waals surface area contributed by atoms with Crippen LogP contribution in [0.1, 0.15) is 29.7 Å². The summed E-state index contributed by atoms with van der Waals surface area (Å²) in [5.74, 6) is 0.894. The molecule has 0 aliphatic heterocycles. The van der Waals surface area contributed by atoms with Crippen LogP contribution in [0.2, 0.25) is 0 Å². The first kappa shape index (κ1) is 19.1. The zero-order valence-electron chi connectivity index (χ0n) is 15.4. The standard InChI is InChI=1S/C20H22N2O4S/c1-14-9-10-21-19-16(22(23)24)13-17(25-2)20(18(14)19)26-11-5-3-4-7-15-8-6-12-27-15/h6,8-10,12-13H,3-5,7,11H2,1-2H3. The number of pyridine rings is 1. The molecular formula is C20H22N2O4S. The van der Waals surface area contributed by atoms with Gasteiger partial charge in [0.25, 0.3) is 5.69 Å². The maximum atomic E-state index is 11.4. The maximum absolute atomic E-state index is 11.4. The lowest BCUT2D eigenvalue weighted by atomic mass is 10.1. The fraction of sp³-hybridized carbons (Fsp3) is 0.350. The van der Waals surface area contributed by atoms with Crippen molar-refractivity contribution in [3.8, 4) is 11.5 Å². The smallest absolute Gasteiger partial charge is 0.299 e. The average Bonchev–Trinajstić information content (AvgIpc) is 3.17. The van der Waals surface area contributed by atoms with Crippen molar-refractivity contribution < 1.29 is 14.4 Å². The first-order chi connectivity index (χ1) is 13.1. The lowest BCUT2D eigenvalue weighted by Crippen LogP contribution is -2.03. The number of unbranched alkanes of at least 4 members (excludes halogenated alkanes) is 2. The Morgan fingerprint density at radius 2 is 2.11 bits per heavy atom. The predicted octanol–water partition coefficient (Wildman–Crippen LogP) is 5.31. The van der Waals surface area contributed by atoms with E-state index in [1.165, 1.54) is 18.1 Å². The number of fused-ring (bicyclic) bond motifs is 1. The van der Waals surface area contributed by atoms with Gasteiger partial charge in [-0.15, -0.1) is 11.3 Å². The van der Waals surface area contributed by atoms with E-state index >= 15 is 0 Å². The molecule has 0 bridgehead atoms. The van der Waals surface area contributed by atoms with Crippen molar-refractivity contribution in [2.75, 3.05) is 13.7 Å². The second-order valence-corrected chi connectivity index (χ2v) is 7.31. The normalized spacial score (nSPS) is 10.9. The Bertz CT molecular complexity index is 925. The molecule has 7 heteroatoms. The highest BCUT2D eigenvalue weighted by atomic mass is 32.1. The molecular weight excluding hydrogens is 364 g/mol. The molecule has 0 atom stereocenters. The third kappa shape index (κ3) is 4.36. The second kappa shape index (κ2) is 8.81. The zero-order chi connectivity index (χ0) is 19.2. The van der Waals surface area contributed by atoms with Crippen molar-refractivity contribution in [1.82, 2.24) is 4.98 Å². The van der Waals surface area contributed by atoms with Gasteiger partial charge in [0.1, 0.15) is 0 Å². The summed E-state index contributed by atoms with van der Waals surface area (Å²) < 4.78 is 11.4. The number of rotatable bonds is 9. The molecule has 2 heterocycles. The van der Waals surface area contributed by atoms with E-state index in [-0.39, 0.29) is 5.69 Å². The molecule has 0 spiro atoms. The van der Waals surface area contributed by atoms with Crippen LogP contribution in [0.25, 0.3) is 10.9 Å². The Kier molecular flexibility index (Phi) is 6.24. The lowest BCUT2D eigenvalue weighted by Gasteiger charge is -2.15. The van der Waals surface area contributed by atoms with Crippen LogP contribution in [-0.2, 0) is 6.42 Å². The molecule has 0 aliphatic carbocycles. The van der Waals surface area contributed by atoms with Crippen molar-refractivity contribution in [2.45, 2.75) is 32.6 Å². The summed E-state index contributed by atoms with van der Waals surface area (Å²) in [7, 11) is 1.49. The monoisotopic (exact) mass is 386 g/mol. The van der Waals surface area contributed by atoms with Crippen LogP contribution in [0, 0.1) is 17.0 Å². The quantitative estimate of drug-likeness (QED) is 0.283. The first-order valence-electron chi connectivity index (χ1n) is 8.87. The molecule has 3 rings (SSSR count). The third-order valence-electron chi connectivity index (χ3n) is 4.43. The number of ether oxygens (including phenoxy) is 2. The van der Waals surface area contributed by atoms with E-state index in [9.17, 15) is 10.1 Å². The average molecular weight is 386 g/mol. The van der Waals surface area contributed by atoms with Crippen LogP contribution in [0.15, 0.2) is 35.8 Å². The number of hydrogen-bond acceptors (Lipinski definition) is 6. The van der Waals surface area contributed by atoms with Gasteiger partial charge in [-0.2, -0.15) is 0 Å². The summed E-state index contributed by atoms with van der Waals surface area (Å²) >= 11 is 1.79. The Hall–Kier alpha value is -2.67. The molecule has 0 N–H and O–H groups in total. The van der Waals surface area contributed by atoms with Crippen LogP contribution in [0.4, 0.5) is 5.69 Å². The highest BCUT2D eigenvalue weighted by Gasteiger charge is 2.23. The third-order valence-corrected chi connectivity index (χ3v) is 5.37. The van der Waals surface area contributed by atoms with E-state index in [1.807, 2.05) is 13.0 Å². The molecule has 0 radical (unpaired) electrons. The molecule has 2 aromatic heterocycles. The highest BCUT2D eigenvalue weighted by Crippen LogP contribution is 2.41. The van der Waals surface area contributed by atoms with Crippen LogP contribution in [0.5, 0.6) is 11.5 Å². The van der Waals surface area contributed by atoms with Gasteiger partial charge in [0.15, 0.2) is 17.0 Å². The molecule has 0 unspecified atom stereocenters. The van der Waals surface area contributed by atoms with Gasteiger partial charge in [-0.05, 0) is 55.7 Å². The largest absolute Gasteiger partial charge is 0.493 e. The summed E-state index contributed by atoms with van der Waals surface area (Å²) in [6.45, 7) is 2.42. The second-order valence-electron chi connectivity index (χ2n) is 6.27. The van der Waals surface area contributed by atoms with E-state index < -0.39 is 4.92 Å². The number of hydrogen-bond donors (Lipinski definition) is 0. The number of nitro groups is 1. The van der Waals surface area contributed by atoms with Gasteiger partial charge in [0.2, 0.25) is 0 Å². The van der Waals surface area contributed by atoms with Crippen molar-refractivity contribution >= 4 is 27.9 Å². The molecule has 0 aliphatic rings. The summed E-state index contributed by atoms with van der Waals surface area (Å²) in [5, 5.41) is 14.1. The number of nitro benzene ring substituents is 1. The van der Waals surface area contributed by atoms with Crippen LogP contribution < -0.4 is 9.47 Å². The lowest BCUT2D eigenvalue weighted by molar-refractivity contribution is -0.383. The van der Waals surface area contributed by atoms with E-state index in [4.69, 9.17) is 9.47 Å². The Morgan fingerprint density at radius 1 is 1.26 bits per heavy atom. The zero-order valence-corrected chi connectivity index (χ0v) is 16.3. The van der Waals surface area contributed by atoms with E-state index in [0.29, 0.717) is 29.0 Å². The van der Waals surface area contributed by atoms with Crippen molar-refractivity contribution in [2.24, 2.45) is 0 Å². The van der Waals surface area contributed by atoms with Crippen molar-refractivity contribution in [3.63, 3.8) is 0 Å². The minimum absolute atomic E-state index is 0.0751. The number of aryl methyl sites for hydroxylation is 2. The molecule has 27 heavy (non-hydrogen) atoms. The molecule has 142 valence electrons. The van der Waals surface area contributed by atoms with Gasteiger partial charge < -0.3 is 9.47 Å². The molecule has 6 nitrogen and oxygen atoms in total. The van der Waals surface area contributed by atoms with Crippen LogP contribution in [-0.4, -0.2) is 23.6 Å². The summed E-state index contributed by atoms with van der Waals surface area (Å²) in [6.07, 6.45) is 5.74. The number of thiophene rings is 1. The fourth-order valence-corrected chi connectivity index (χ4v) is 3.81. The number of benzene rings is 1. The number of non-ortho nitro benzene ring substituents is 1. The molecule has 3 aromatic rings. The number of methoxy groups -OCH3 is 1. The van der Waals surface area contributed by atoms with Gasteiger partial charge in [-0.25, -0.2) is 4.98 Å². The van der Waals surface area contributed by atoms with Crippen LogP contribution >= 0.6 is 11.3 Å². The number of nitrogens with zero attached hydrogens (tertiary/aromatic N) is 2. The van der Waals surface area contributed by atoms with E-state index in [1.54, 1.807) is 17.5 Å². The minimum atomic E-state index is -0.439. The van der Waals surface area contributed by atoms with Crippen LogP contribution in [0.3, 0.4) is 0 Å². The first-order valence-corrected chi connectivity index (χ1v) is 9.75. The highest BCUT2D eigenvalue weighted by molar-refractivity contribution is 7.09. The fourth-order valence-electron chi connectivity index (χ4n) is 3.06. The molecule has 0 saturated heterocycles. The van der Waals surface area contributed by atoms with E-state index in [0.717, 1.165) is 31.2 Å². The van der Waals surface area contributed by atoms with Gasteiger partial charge in [-0.1, -0.05) is 6.07 Å². The molecule has 0 saturated carbocycles. The molecule has 1 aromatic carbocycles. The van der Waals surface area contributed by atoms with Crippen molar-refractivity contribution in [3.05, 3.63) is 56.4 Å². The Labute approximate surface area is 161 Å². The summed E-state index contributed by atoms with van der Waals surface area (Å²) in [4.78, 5) is 16.6. The minimum Gasteiger partial charge on any atom is -0.493 e. The summed E-state index contributed by atoms with van der Waals surface area (Å²) in [5.41, 5.74) is 1.12. The topological polar surface area (TPSA) is 74.5 Å². The van der Waals surface area contributed by atoms with Crippen molar-refractivity contribution in [1.29, 1.82) is 0 Å². The van der Waals surface area contributed by atoms with Gasteiger partial charge in [0, 0.05) is 11.1 Å². The van der Waals surface area contributed by atoms with Gasteiger partial charge >= 0.3 is 0 Å². The van der Waals surface area contributed by atoms with E-state index in [2.05, 4.69) is 22.5 Å². The predicted molar refractivity (Wildman–Crippen MR) is 107 cm³/mol. The van der Waals surface area contributed by atoms with Gasteiger partial charge in [-0.3, -0.25) is 10.1 Å². The maximum Gasteiger partial charge on any atom is 0.299 e.